The van der Waals surface area contributed by atoms with Crippen molar-refractivity contribution in [2.75, 3.05) is 25.1 Å². The summed E-state index contributed by atoms with van der Waals surface area (Å²) in [6, 6.07) is 20.0. The van der Waals surface area contributed by atoms with E-state index in [0.29, 0.717) is 0 Å². The van der Waals surface area contributed by atoms with E-state index in [2.05, 4.69) is 54.5 Å². The first-order valence-electron chi connectivity index (χ1n) is 13.4. The first kappa shape index (κ1) is 26.2. The molecule has 0 radical (unpaired) electrons. The first-order valence-corrected chi connectivity index (χ1v) is 13.4. The van der Waals surface area contributed by atoms with Crippen LogP contribution in [0.1, 0.15) is 19.3 Å². The number of pyridine rings is 1. The molecule has 0 unspecified atom stereocenters. The molecule has 39 heavy (non-hydrogen) atoms. The molecule has 0 amide bonds. The second-order valence-electron chi connectivity index (χ2n) is 9.95. The van der Waals surface area contributed by atoms with Crippen LogP contribution in [0.4, 0.5) is 28.7 Å². The normalized spacial score (nSPS) is 14.5. The maximum atomic E-state index is 5.18. The van der Waals surface area contributed by atoms with Gasteiger partial charge in [-0.15, -0.1) is 0 Å². The molecule has 2 aromatic carbocycles. The Morgan fingerprint density at radius 2 is 1.38 bits per heavy atom. The van der Waals surface area contributed by atoms with E-state index in [1.165, 1.54) is 24.9 Å². The van der Waals surface area contributed by atoms with E-state index < -0.39 is 0 Å². The molecule has 0 N–H and O–H groups in total. The predicted molar refractivity (Wildman–Crippen MR) is 151 cm³/mol. The van der Waals surface area contributed by atoms with Crippen LogP contribution in [-0.2, 0) is 20.6 Å². The van der Waals surface area contributed by atoms with Crippen LogP contribution >= 0.6 is 0 Å². The zero-order chi connectivity index (χ0) is 27.0. The van der Waals surface area contributed by atoms with E-state index in [9.17, 15) is 0 Å². The monoisotopic (exact) mass is 524 g/mol. The number of rotatable bonds is 9. The summed E-state index contributed by atoms with van der Waals surface area (Å²) in [5.74, 6) is 2.36. The summed E-state index contributed by atoms with van der Waals surface area (Å²) >= 11 is 0. The molecule has 2 aromatic heterocycles. The molecule has 9 heteroatoms. The van der Waals surface area contributed by atoms with Crippen molar-refractivity contribution in [2.45, 2.75) is 25.8 Å². The maximum Gasteiger partial charge on any atom is 0.421 e. The van der Waals surface area contributed by atoms with Gasteiger partial charge in [-0.25, -0.2) is 13.7 Å². The molecule has 4 aromatic rings. The van der Waals surface area contributed by atoms with Crippen LogP contribution in [0.2, 0.25) is 0 Å². The number of nitrogens with zero attached hydrogens (tertiary/aromatic N) is 8. The summed E-state index contributed by atoms with van der Waals surface area (Å²) in [6.45, 7) is 3.18. The molecule has 1 saturated heterocycles. The fraction of sp³-hybridized carbons (Fsp3) is 0.333. The molecule has 5 rings (SSSR count). The molecule has 3 heterocycles. The van der Waals surface area contributed by atoms with E-state index in [1.54, 1.807) is 7.11 Å². The number of aromatic nitrogens is 3. The highest BCUT2D eigenvalue weighted by atomic mass is 16.5. The first-order chi connectivity index (χ1) is 19.1. The van der Waals surface area contributed by atoms with Crippen LogP contribution in [0.15, 0.2) is 106 Å². The van der Waals surface area contributed by atoms with E-state index >= 15 is 0 Å². The number of piperidine rings is 1. The quantitative estimate of drug-likeness (QED) is 0.191. The third-order valence-electron chi connectivity index (χ3n) is 7.25. The molecule has 0 spiro atoms. The minimum atomic E-state index is 0.738. The Morgan fingerprint density at radius 3 is 1.97 bits per heavy atom. The van der Waals surface area contributed by atoms with Gasteiger partial charge in [-0.2, -0.15) is 10.2 Å². The lowest BCUT2D eigenvalue weighted by molar-refractivity contribution is -0.698. The molecule has 0 saturated carbocycles. The van der Waals surface area contributed by atoms with Crippen molar-refractivity contribution >= 4 is 28.7 Å². The summed E-state index contributed by atoms with van der Waals surface area (Å²) in [5.41, 5.74) is 3.76. The summed E-state index contributed by atoms with van der Waals surface area (Å²) in [7, 11) is 5.59. The summed E-state index contributed by atoms with van der Waals surface area (Å²) < 4.78 is 11.3. The van der Waals surface area contributed by atoms with Crippen molar-refractivity contribution < 1.29 is 13.9 Å². The van der Waals surface area contributed by atoms with Crippen LogP contribution in [0.5, 0.6) is 5.75 Å². The van der Waals surface area contributed by atoms with Crippen molar-refractivity contribution in [3.8, 4) is 5.75 Å². The minimum Gasteiger partial charge on any atom is -0.497 e. The number of methoxy groups -OCH3 is 1. The van der Waals surface area contributed by atoms with Gasteiger partial charge in [-0.05, 0) is 67.3 Å². The number of azo groups is 2. The van der Waals surface area contributed by atoms with Crippen molar-refractivity contribution in [1.82, 2.24) is 4.57 Å². The lowest BCUT2D eigenvalue weighted by Gasteiger charge is -2.33. The standard InChI is InChI=1S/C30H36N8O/c1-35-22-23-36(2)30(35)34-33-25-4-8-28(9-5-25)38-20-13-24(14-21-38)12-17-37-18-15-27(16-19-37)32-31-26-6-10-29(39-3)11-7-26/h4-11,15-16,18-19,22-24H,12-14,17,20-21H2,1-3H3/q+2. The Balaban J connectivity index is 1.06. The van der Waals surface area contributed by atoms with Gasteiger partial charge in [0, 0.05) is 42.4 Å². The third-order valence-corrected chi connectivity index (χ3v) is 7.25. The second kappa shape index (κ2) is 12.4. The van der Waals surface area contributed by atoms with Crippen LogP contribution in [-0.4, -0.2) is 24.8 Å². The third kappa shape index (κ3) is 6.93. The van der Waals surface area contributed by atoms with Gasteiger partial charge in [0.25, 0.3) is 0 Å². The highest BCUT2D eigenvalue weighted by molar-refractivity contribution is 5.53. The smallest absolute Gasteiger partial charge is 0.421 e. The van der Waals surface area contributed by atoms with Crippen molar-refractivity contribution in [3.63, 3.8) is 0 Å². The van der Waals surface area contributed by atoms with Crippen LogP contribution in [0.25, 0.3) is 0 Å². The predicted octanol–water partition coefficient (Wildman–Crippen LogP) is 6.28. The number of hydrogen-bond acceptors (Lipinski definition) is 6. The molecule has 0 bridgehead atoms. The van der Waals surface area contributed by atoms with E-state index in [1.807, 2.05) is 84.2 Å². The topological polar surface area (TPSA) is 74.6 Å². The maximum absolute atomic E-state index is 5.18. The average molecular weight is 525 g/mol. The molecule has 0 atom stereocenters. The van der Waals surface area contributed by atoms with E-state index in [4.69, 9.17) is 4.74 Å². The average Bonchev–Trinajstić information content (AvgIpc) is 3.31. The van der Waals surface area contributed by atoms with Gasteiger partial charge in [0.05, 0.1) is 45.0 Å². The number of benzene rings is 2. The van der Waals surface area contributed by atoms with E-state index in [0.717, 1.165) is 54.3 Å². The molecular weight excluding hydrogens is 488 g/mol. The number of aryl methyl sites for hydroxylation is 3. The van der Waals surface area contributed by atoms with Crippen molar-refractivity contribution in [2.24, 2.45) is 40.5 Å². The Kier molecular flexibility index (Phi) is 8.36. The van der Waals surface area contributed by atoms with Crippen molar-refractivity contribution in [1.29, 1.82) is 0 Å². The fourth-order valence-corrected chi connectivity index (χ4v) is 4.80. The molecular formula is C30H36N8O+2. The zero-order valence-electron chi connectivity index (χ0n) is 22.9. The summed E-state index contributed by atoms with van der Waals surface area (Å²) in [6.07, 6.45) is 11.7. The number of hydrogen-bond donors (Lipinski definition) is 0. The number of anilines is 1. The van der Waals surface area contributed by atoms with Crippen LogP contribution in [0.3, 0.4) is 0 Å². The molecule has 9 nitrogen and oxygen atoms in total. The van der Waals surface area contributed by atoms with Gasteiger partial charge in [0.2, 0.25) is 0 Å². The fourth-order valence-electron chi connectivity index (χ4n) is 4.80. The minimum absolute atomic E-state index is 0.738. The molecule has 1 aliphatic heterocycles. The van der Waals surface area contributed by atoms with Gasteiger partial charge in [-0.3, -0.25) is 0 Å². The Bertz CT molecular complexity index is 1380. The molecule has 1 fully saturated rings. The van der Waals surface area contributed by atoms with Crippen LogP contribution in [0, 0.1) is 5.92 Å². The largest absolute Gasteiger partial charge is 0.497 e. The van der Waals surface area contributed by atoms with E-state index in [-0.39, 0.29) is 0 Å². The Morgan fingerprint density at radius 1 is 0.795 bits per heavy atom. The second-order valence-corrected chi connectivity index (χ2v) is 9.95. The SMILES string of the molecule is COc1ccc(/N=N/c2cc[n+](CCC3CCN(c4ccc(/N=N/c5n(C)cc[n+]5C)cc4)CC3)cc2)cc1. The van der Waals surface area contributed by atoms with Gasteiger partial charge in [0.1, 0.15) is 18.0 Å². The van der Waals surface area contributed by atoms with Gasteiger partial charge in [-0.1, -0.05) is 5.11 Å². The Labute approximate surface area is 229 Å². The molecule has 1 aliphatic rings. The Hall–Kier alpha value is -4.40. The van der Waals surface area contributed by atoms with Gasteiger partial charge >= 0.3 is 5.95 Å². The highest BCUT2D eigenvalue weighted by Gasteiger charge is 2.20. The lowest BCUT2D eigenvalue weighted by atomic mass is 9.93. The van der Waals surface area contributed by atoms with Gasteiger partial charge < -0.3 is 9.64 Å². The van der Waals surface area contributed by atoms with Crippen molar-refractivity contribution in [3.05, 3.63) is 85.5 Å². The summed E-state index contributed by atoms with van der Waals surface area (Å²) in [5, 5.41) is 17.4. The zero-order valence-corrected chi connectivity index (χ0v) is 22.9. The molecule has 0 aliphatic carbocycles. The lowest BCUT2D eigenvalue weighted by Crippen LogP contribution is -2.37. The number of ether oxygens (including phenoxy) is 1. The van der Waals surface area contributed by atoms with Gasteiger partial charge in [0.15, 0.2) is 12.4 Å². The van der Waals surface area contributed by atoms with Crippen LogP contribution < -0.4 is 18.8 Å². The molecule has 200 valence electrons. The highest BCUT2D eigenvalue weighted by Crippen LogP contribution is 2.27. The number of imidazole rings is 1. The summed E-state index contributed by atoms with van der Waals surface area (Å²) in [4.78, 5) is 2.48.